The molecule has 2 aromatic carbocycles. The molecule has 0 aliphatic carbocycles. The van der Waals surface area contributed by atoms with Crippen LogP contribution in [0, 0.1) is 0 Å². The normalized spacial score (nSPS) is 13.2. The molecule has 0 aliphatic heterocycles. The molecule has 7 nitrogen and oxygen atoms in total. The zero-order chi connectivity index (χ0) is 21.1. The van der Waals surface area contributed by atoms with Crippen LogP contribution in [0.1, 0.15) is 24.5 Å². The highest BCUT2D eigenvalue weighted by atomic mass is 31.1. The second kappa shape index (κ2) is 11.3. The Hall–Kier alpha value is -2.76. The third-order valence-corrected chi connectivity index (χ3v) is 6.00. The number of benzene rings is 2. The summed E-state index contributed by atoms with van der Waals surface area (Å²) >= 11 is 0. The maximum atomic E-state index is 12.9. The molecule has 0 fully saturated rings. The van der Waals surface area contributed by atoms with Crippen LogP contribution >= 0.6 is 7.80 Å². The summed E-state index contributed by atoms with van der Waals surface area (Å²) in [7, 11) is -2.45. The Morgan fingerprint density at radius 3 is 2.17 bits per heavy atom. The first-order chi connectivity index (χ1) is 13.9. The van der Waals surface area contributed by atoms with Crippen molar-refractivity contribution in [1.82, 2.24) is 5.32 Å². The van der Waals surface area contributed by atoms with Gasteiger partial charge in [0.15, 0.2) is 0 Å². The molecule has 8 heteroatoms. The number of carbonyl (C=O) groups is 2. The zero-order valence-electron chi connectivity index (χ0n) is 16.2. The van der Waals surface area contributed by atoms with Gasteiger partial charge in [-0.2, -0.15) is 0 Å². The minimum atomic E-state index is -2.45. The highest BCUT2D eigenvalue weighted by Crippen LogP contribution is 2.41. The number of hydrogen-bond acceptors (Lipinski definition) is 5. The summed E-state index contributed by atoms with van der Waals surface area (Å²) < 4.78 is 23.8. The molecule has 0 saturated carbocycles. The van der Waals surface area contributed by atoms with Crippen molar-refractivity contribution in [1.29, 1.82) is 0 Å². The SMILES string of the molecule is CCOC(CCc1ccccc1)(NC(=O)OCc1ccccc1)[P+](=O)CC(=O)O. The highest BCUT2D eigenvalue weighted by Gasteiger charge is 2.52. The first kappa shape index (κ1) is 22.5. The van der Waals surface area contributed by atoms with Crippen LogP contribution in [0.4, 0.5) is 4.79 Å². The summed E-state index contributed by atoms with van der Waals surface area (Å²) in [6.07, 6.45) is -0.846. The number of carboxylic acids is 1. The molecule has 154 valence electrons. The van der Waals surface area contributed by atoms with Gasteiger partial charge in [0, 0.05) is 6.42 Å². The summed E-state index contributed by atoms with van der Waals surface area (Å²) in [5, 5.41) is 11.7. The lowest BCUT2D eigenvalue weighted by Gasteiger charge is -2.24. The Morgan fingerprint density at radius 2 is 1.62 bits per heavy atom. The van der Waals surface area contributed by atoms with Gasteiger partial charge in [0.1, 0.15) is 6.61 Å². The molecular weight excluding hydrogens is 393 g/mol. The fourth-order valence-electron chi connectivity index (χ4n) is 2.80. The molecule has 0 saturated heterocycles. The number of rotatable bonds is 11. The molecule has 29 heavy (non-hydrogen) atoms. The maximum Gasteiger partial charge on any atom is 0.413 e. The van der Waals surface area contributed by atoms with Gasteiger partial charge in [0.25, 0.3) is 0 Å². The van der Waals surface area contributed by atoms with Crippen molar-refractivity contribution in [2.75, 3.05) is 12.8 Å². The first-order valence-corrected chi connectivity index (χ1v) is 10.7. The number of aliphatic carboxylic acids is 1. The Balaban J connectivity index is 2.14. The van der Waals surface area contributed by atoms with Crippen molar-refractivity contribution in [3.63, 3.8) is 0 Å². The highest BCUT2D eigenvalue weighted by molar-refractivity contribution is 7.47. The van der Waals surface area contributed by atoms with Crippen molar-refractivity contribution >= 4 is 19.9 Å². The Kier molecular flexibility index (Phi) is 8.77. The van der Waals surface area contributed by atoms with Crippen LogP contribution in [-0.2, 0) is 31.9 Å². The second-order valence-corrected chi connectivity index (χ2v) is 8.12. The van der Waals surface area contributed by atoms with E-state index in [1.807, 2.05) is 60.7 Å². The lowest BCUT2D eigenvalue weighted by molar-refractivity contribution is -0.134. The van der Waals surface area contributed by atoms with Crippen LogP contribution in [0.25, 0.3) is 0 Å². The summed E-state index contributed by atoms with van der Waals surface area (Å²) in [4.78, 5) is 23.6. The maximum absolute atomic E-state index is 12.9. The lowest BCUT2D eigenvalue weighted by Crippen LogP contribution is -2.49. The van der Waals surface area contributed by atoms with Crippen molar-refractivity contribution in [2.24, 2.45) is 0 Å². The molecule has 0 radical (unpaired) electrons. The molecule has 1 amide bonds. The van der Waals surface area contributed by atoms with Crippen LogP contribution in [0.5, 0.6) is 0 Å². The molecule has 2 N–H and O–H groups in total. The standard InChI is InChI=1S/C21H24NO6P/c1-2-28-21(29(26)16-19(23)24,14-13-17-9-5-3-6-10-17)22-20(25)27-15-18-11-7-4-8-12-18/h3-12H,2,13-16H2,1H3,(H-,22,23,24,25)/p+1. The predicted octanol–water partition coefficient (Wildman–Crippen LogP) is 4.15. The molecule has 0 spiro atoms. The number of alkyl carbamates (subject to hydrolysis) is 1. The van der Waals surface area contributed by atoms with E-state index in [-0.39, 0.29) is 19.6 Å². The third-order valence-electron chi connectivity index (χ3n) is 4.17. The van der Waals surface area contributed by atoms with E-state index < -0.39 is 31.5 Å². The minimum absolute atomic E-state index is 0.0310. The van der Waals surface area contributed by atoms with Crippen LogP contribution in [0.2, 0.25) is 0 Å². The van der Waals surface area contributed by atoms with E-state index in [1.165, 1.54) is 0 Å². The second-order valence-electron chi connectivity index (χ2n) is 6.32. The van der Waals surface area contributed by atoms with Crippen molar-refractivity contribution in [3.05, 3.63) is 71.8 Å². The van der Waals surface area contributed by atoms with Gasteiger partial charge < -0.3 is 14.6 Å². The van der Waals surface area contributed by atoms with E-state index in [0.29, 0.717) is 6.42 Å². The molecule has 0 bridgehead atoms. The van der Waals surface area contributed by atoms with Crippen LogP contribution in [0.15, 0.2) is 60.7 Å². The number of carbonyl (C=O) groups excluding carboxylic acids is 1. The number of amides is 1. The van der Waals surface area contributed by atoms with E-state index >= 15 is 0 Å². The Morgan fingerprint density at radius 1 is 1.03 bits per heavy atom. The molecule has 2 unspecified atom stereocenters. The monoisotopic (exact) mass is 418 g/mol. The van der Waals surface area contributed by atoms with Gasteiger partial charge >= 0.3 is 25.3 Å². The van der Waals surface area contributed by atoms with Gasteiger partial charge in [-0.05, 0) is 24.5 Å². The van der Waals surface area contributed by atoms with E-state index in [2.05, 4.69) is 5.32 Å². The van der Waals surface area contributed by atoms with E-state index in [4.69, 9.17) is 14.6 Å². The smallest absolute Gasteiger partial charge is 0.413 e. The summed E-state index contributed by atoms with van der Waals surface area (Å²) in [6.45, 7) is 1.87. The number of aryl methyl sites for hydroxylation is 1. The van der Waals surface area contributed by atoms with Gasteiger partial charge in [-0.1, -0.05) is 65.2 Å². The quantitative estimate of drug-likeness (QED) is 0.420. The van der Waals surface area contributed by atoms with Gasteiger partial charge in [0.05, 0.1) is 6.61 Å². The van der Waals surface area contributed by atoms with E-state index in [0.717, 1.165) is 11.1 Å². The molecule has 0 heterocycles. The zero-order valence-corrected chi connectivity index (χ0v) is 17.1. The molecule has 0 aromatic heterocycles. The fourth-order valence-corrected chi connectivity index (χ4v) is 4.15. The molecule has 2 rings (SSSR count). The van der Waals surface area contributed by atoms with E-state index in [1.54, 1.807) is 6.92 Å². The summed E-state index contributed by atoms with van der Waals surface area (Å²) in [5.74, 6) is -1.23. The lowest BCUT2D eigenvalue weighted by atomic mass is 10.1. The van der Waals surface area contributed by atoms with Crippen LogP contribution < -0.4 is 5.32 Å². The Labute approximate surface area is 170 Å². The molecule has 0 aliphatic rings. The Bertz CT molecular complexity index is 814. The van der Waals surface area contributed by atoms with Crippen LogP contribution in [0.3, 0.4) is 0 Å². The van der Waals surface area contributed by atoms with E-state index in [9.17, 15) is 14.2 Å². The predicted molar refractivity (Wildman–Crippen MR) is 109 cm³/mol. The molecule has 2 atom stereocenters. The third kappa shape index (κ3) is 7.29. The van der Waals surface area contributed by atoms with Gasteiger partial charge in [-0.3, -0.25) is 5.32 Å². The van der Waals surface area contributed by atoms with Crippen molar-refractivity contribution < 1.29 is 28.7 Å². The number of nitrogens with one attached hydrogen (secondary N) is 1. The molecule has 2 aromatic rings. The van der Waals surface area contributed by atoms with Gasteiger partial charge in [-0.25, -0.2) is 9.59 Å². The topological polar surface area (TPSA) is 102 Å². The van der Waals surface area contributed by atoms with Crippen molar-refractivity contribution in [2.45, 2.75) is 31.8 Å². The summed E-state index contributed by atoms with van der Waals surface area (Å²) in [6, 6.07) is 18.5. The van der Waals surface area contributed by atoms with Gasteiger partial charge in [-0.15, -0.1) is 0 Å². The fraction of sp³-hybridized carbons (Fsp3) is 0.333. The average molecular weight is 418 g/mol. The minimum Gasteiger partial charge on any atom is -0.478 e. The van der Waals surface area contributed by atoms with Crippen molar-refractivity contribution in [3.8, 4) is 0 Å². The number of carboxylic acid groups (broad SMARTS) is 1. The largest absolute Gasteiger partial charge is 0.478 e. The molecular formula is C21H25NO6P+. The average Bonchev–Trinajstić information content (AvgIpc) is 2.71. The summed E-state index contributed by atoms with van der Waals surface area (Å²) in [5.41, 5.74) is 0.116. The number of hydrogen-bond donors (Lipinski definition) is 2. The number of ether oxygens (including phenoxy) is 2. The van der Waals surface area contributed by atoms with Gasteiger partial charge in [0.2, 0.25) is 6.16 Å². The first-order valence-electron chi connectivity index (χ1n) is 9.28. The van der Waals surface area contributed by atoms with Crippen LogP contribution in [-0.4, -0.2) is 35.4 Å².